The lowest BCUT2D eigenvalue weighted by Crippen LogP contribution is -2.43. The summed E-state index contributed by atoms with van der Waals surface area (Å²) in [6.45, 7) is 1.37. The number of hydrogen-bond donors (Lipinski definition) is 0. The molecule has 1 aromatic carbocycles. The molecular formula is C18H19ClFN3O6S2. The predicted octanol–water partition coefficient (Wildman–Crippen LogP) is 1.98. The summed E-state index contributed by atoms with van der Waals surface area (Å²) in [6, 6.07) is 2.15. The van der Waals surface area contributed by atoms with Crippen LogP contribution in [0, 0.1) is 10.6 Å². The molecule has 9 nitrogen and oxygen atoms in total. The third kappa shape index (κ3) is 5.43. The molecule has 0 spiro atoms. The topological polar surface area (TPSA) is 102 Å². The maximum Gasteiger partial charge on any atom is 0.338 e. The summed E-state index contributed by atoms with van der Waals surface area (Å²) in [5.74, 6) is -2.06. The Morgan fingerprint density at radius 3 is 2.35 bits per heavy atom. The molecule has 0 fully saturated rings. The van der Waals surface area contributed by atoms with Gasteiger partial charge in [-0.1, -0.05) is 11.6 Å². The Hall–Kier alpha value is -2.44. The standard InChI is InChI=1S/C18H19ClFN3O6S2/c1-9(15(25)29-6-5-14(24)28-4)31-13-8-12(11(20)7-10(13)19)23-16(26)21(2)18(30)22(3)17(23)27/h7-9H,5-6H2,1-4H3. The number of ether oxygens (including phenoxy) is 2. The van der Waals surface area contributed by atoms with Crippen LogP contribution < -0.4 is 11.4 Å². The number of aromatic nitrogens is 3. The van der Waals surface area contributed by atoms with Crippen molar-refractivity contribution in [2.24, 2.45) is 14.1 Å². The van der Waals surface area contributed by atoms with Crippen molar-refractivity contribution in [1.82, 2.24) is 13.7 Å². The molecule has 31 heavy (non-hydrogen) atoms. The van der Waals surface area contributed by atoms with E-state index < -0.39 is 34.4 Å². The fraction of sp³-hybridized carbons (Fsp3) is 0.389. The quantitative estimate of drug-likeness (QED) is 0.329. The minimum atomic E-state index is -0.904. The minimum Gasteiger partial charge on any atom is -0.469 e. The molecule has 0 saturated heterocycles. The number of methoxy groups -OCH3 is 1. The summed E-state index contributed by atoms with van der Waals surface area (Å²) in [7, 11) is 3.94. The summed E-state index contributed by atoms with van der Waals surface area (Å²) in [5, 5.41) is -0.797. The van der Waals surface area contributed by atoms with Gasteiger partial charge < -0.3 is 9.47 Å². The van der Waals surface area contributed by atoms with Crippen LogP contribution >= 0.6 is 35.6 Å². The van der Waals surface area contributed by atoms with Crippen molar-refractivity contribution in [3.63, 3.8) is 0 Å². The van der Waals surface area contributed by atoms with Crippen LogP contribution in [0.1, 0.15) is 13.3 Å². The van der Waals surface area contributed by atoms with Gasteiger partial charge in [-0.05, 0) is 31.3 Å². The second kappa shape index (κ2) is 10.2. The van der Waals surface area contributed by atoms with Crippen molar-refractivity contribution < 1.29 is 23.5 Å². The van der Waals surface area contributed by atoms with E-state index >= 15 is 0 Å². The molecular weight excluding hydrogens is 473 g/mol. The first-order valence-electron chi connectivity index (χ1n) is 8.78. The SMILES string of the molecule is COC(=O)CCOC(=O)C(C)Sc1cc(-n2c(=O)n(C)c(=S)n(C)c2=O)c(F)cc1Cl. The molecule has 1 atom stereocenters. The molecule has 0 aliphatic heterocycles. The van der Waals surface area contributed by atoms with E-state index in [-0.39, 0.29) is 33.4 Å². The second-order valence-electron chi connectivity index (χ2n) is 6.29. The first-order chi connectivity index (χ1) is 14.5. The van der Waals surface area contributed by atoms with E-state index in [4.69, 9.17) is 28.6 Å². The third-order valence-corrected chi connectivity index (χ3v) is 6.30. The molecule has 1 unspecified atom stereocenters. The van der Waals surface area contributed by atoms with Crippen molar-refractivity contribution in [2.75, 3.05) is 13.7 Å². The zero-order valence-corrected chi connectivity index (χ0v) is 19.4. The van der Waals surface area contributed by atoms with Gasteiger partial charge in [0.2, 0.25) is 0 Å². The van der Waals surface area contributed by atoms with Gasteiger partial charge in [0, 0.05) is 19.0 Å². The van der Waals surface area contributed by atoms with Crippen LogP contribution in [0.25, 0.3) is 5.69 Å². The highest BCUT2D eigenvalue weighted by molar-refractivity contribution is 8.00. The summed E-state index contributed by atoms with van der Waals surface area (Å²) < 4.78 is 26.8. The van der Waals surface area contributed by atoms with Gasteiger partial charge in [-0.25, -0.2) is 18.5 Å². The van der Waals surface area contributed by atoms with Crippen molar-refractivity contribution in [3.8, 4) is 5.69 Å². The van der Waals surface area contributed by atoms with E-state index in [0.717, 1.165) is 27.0 Å². The Morgan fingerprint density at radius 2 is 1.81 bits per heavy atom. The lowest BCUT2D eigenvalue weighted by molar-refractivity contribution is -0.147. The van der Waals surface area contributed by atoms with E-state index in [0.29, 0.717) is 4.57 Å². The van der Waals surface area contributed by atoms with E-state index in [9.17, 15) is 23.6 Å². The minimum absolute atomic E-state index is 0.0189. The molecule has 0 N–H and O–H groups in total. The first-order valence-corrected chi connectivity index (χ1v) is 10.4. The van der Waals surface area contributed by atoms with Gasteiger partial charge in [0.05, 0.1) is 24.2 Å². The van der Waals surface area contributed by atoms with Gasteiger partial charge >= 0.3 is 23.3 Å². The van der Waals surface area contributed by atoms with E-state index in [1.807, 2.05) is 0 Å². The number of nitrogens with zero attached hydrogens (tertiary/aromatic N) is 3. The number of benzene rings is 1. The summed E-state index contributed by atoms with van der Waals surface area (Å²) in [5.41, 5.74) is -2.00. The van der Waals surface area contributed by atoms with E-state index in [1.165, 1.54) is 34.2 Å². The number of carbonyl (C=O) groups is 2. The average Bonchev–Trinajstić information content (AvgIpc) is 2.73. The number of thioether (sulfide) groups is 1. The fourth-order valence-electron chi connectivity index (χ4n) is 2.45. The van der Waals surface area contributed by atoms with Gasteiger partial charge in [-0.2, -0.15) is 0 Å². The Kier molecular flexibility index (Phi) is 8.21. The maximum atomic E-state index is 14.6. The van der Waals surface area contributed by atoms with Crippen LogP contribution in [-0.4, -0.2) is 44.6 Å². The van der Waals surface area contributed by atoms with E-state index in [2.05, 4.69) is 4.74 Å². The van der Waals surface area contributed by atoms with Gasteiger partial charge in [0.15, 0.2) is 4.77 Å². The highest BCUT2D eigenvalue weighted by atomic mass is 35.5. The zero-order chi connectivity index (χ0) is 23.5. The van der Waals surface area contributed by atoms with Crippen LogP contribution in [0.3, 0.4) is 0 Å². The lowest BCUT2D eigenvalue weighted by atomic mass is 10.3. The summed E-state index contributed by atoms with van der Waals surface area (Å²) in [6.07, 6.45) is -0.0941. The number of hydrogen-bond acceptors (Lipinski definition) is 8. The average molecular weight is 492 g/mol. The molecule has 0 amide bonds. The lowest BCUT2D eigenvalue weighted by Gasteiger charge is -2.15. The van der Waals surface area contributed by atoms with Crippen LogP contribution in [0.2, 0.25) is 5.02 Å². The van der Waals surface area contributed by atoms with Gasteiger partial charge in [0.1, 0.15) is 17.7 Å². The highest BCUT2D eigenvalue weighted by Crippen LogP contribution is 2.33. The molecule has 1 aromatic heterocycles. The van der Waals surface area contributed by atoms with Crippen molar-refractivity contribution in [2.45, 2.75) is 23.5 Å². The molecule has 0 bridgehead atoms. The van der Waals surface area contributed by atoms with Crippen LogP contribution in [0.4, 0.5) is 4.39 Å². The Labute approximate surface area is 190 Å². The molecule has 168 valence electrons. The fourth-order valence-corrected chi connectivity index (χ4v) is 3.79. The third-order valence-electron chi connectivity index (χ3n) is 4.19. The van der Waals surface area contributed by atoms with Crippen LogP contribution in [-0.2, 0) is 33.2 Å². The molecule has 2 rings (SSSR count). The largest absolute Gasteiger partial charge is 0.469 e. The Bertz CT molecular complexity index is 1170. The molecule has 0 saturated carbocycles. The van der Waals surface area contributed by atoms with Gasteiger partial charge in [-0.3, -0.25) is 18.7 Å². The van der Waals surface area contributed by atoms with Crippen molar-refractivity contribution in [3.05, 3.63) is 48.7 Å². The van der Waals surface area contributed by atoms with Gasteiger partial charge in [-0.15, -0.1) is 11.8 Å². The Morgan fingerprint density at radius 1 is 1.23 bits per heavy atom. The second-order valence-corrected chi connectivity index (χ2v) is 8.44. The number of carbonyl (C=O) groups excluding carboxylic acids is 2. The zero-order valence-electron chi connectivity index (χ0n) is 17.0. The first kappa shape index (κ1) is 24.8. The van der Waals surface area contributed by atoms with E-state index in [1.54, 1.807) is 0 Å². The molecule has 0 aliphatic carbocycles. The van der Waals surface area contributed by atoms with Crippen molar-refractivity contribution in [1.29, 1.82) is 0 Å². The molecule has 0 radical (unpaired) electrons. The monoisotopic (exact) mass is 491 g/mol. The number of halogens is 2. The summed E-state index contributed by atoms with van der Waals surface area (Å²) in [4.78, 5) is 48.6. The van der Waals surface area contributed by atoms with Gasteiger partial charge in [0.25, 0.3) is 0 Å². The molecule has 0 aliphatic rings. The number of rotatable bonds is 7. The van der Waals surface area contributed by atoms with Crippen molar-refractivity contribution >= 4 is 47.5 Å². The smallest absolute Gasteiger partial charge is 0.338 e. The molecule has 1 heterocycles. The predicted molar refractivity (Wildman–Crippen MR) is 115 cm³/mol. The highest BCUT2D eigenvalue weighted by Gasteiger charge is 2.21. The molecule has 13 heteroatoms. The molecule has 2 aromatic rings. The van der Waals surface area contributed by atoms with Crippen LogP contribution in [0.15, 0.2) is 26.6 Å². The van der Waals surface area contributed by atoms with Crippen LogP contribution in [0.5, 0.6) is 0 Å². The number of esters is 2. The summed E-state index contributed by atoms with van der Waals surface area (Å²) >= 11 is 12.1. The Balaban J connectivity index is 2.38. The normalized spacial score (nSPS) is 11.8. The maximum absolute atomic E-state index is 14.6.